The van der Waals surface area contributed by atoms with Crippen molar-refractivity contribution in [2.45, 2.75) is 51.9 Å². The molecule has 38 heavy (non-hydrogen) atoms. The van der Waals surface area contributed by atoms with E-state index in [0.717, 1.165) is 11.1 Å². The molecule has 5 rings (SSSR count). The van der Waals surface area contributed by atoms with Crippen molar-refractivity contribution >= 4 is 28.5 Å². The van der Waals surface area contributed by atoms with Gasteiger partial charge in [0.05, 0.1) is 11.7 Å². The summed E-state index contributed by atoms with van der Waals surface area (Å²) in [5.41, 5.74) is 3.18. The topological polar surface area (TPSA) is 96.9 Å². The predicted molar refractivity (Wildman–Crippen MR) is 141 cm³/mol. The molecule has 0 unspecified atom stereocenters. The highest BCUT2D eigenvalue weighted by Gasteiger charge is 2.35. The number of amides is 2. The fourth-order valence-electron chi connectivity index (χ4n) is 5.61. The molecule has 2 aromatic carbocycles. The number of aryl methyl sites for hydroxylation is 1. The number of carbonyl (C=O) groups excluding carboxylic acids is 3. The third kappa shape index (κ3) is 4.96. The molecule has 9 heteroatoms. The summed E-state index contributed by atoms with van der Waals surface area (Å²) in [5.74, 6) is -1.66. The zero-order valence-electron chi connectivity index (χ0n) is 21.9. The number of benzene rings is 2. The fourth-order valence-corrected chi connectivity index (χ4v) is 5.61. The van der Waals surface area contributed by atoms with Gasteiger partial charge in [0.1, 0.15) is 5.82 Å². The molecule has 8 nitrogen and oxygen atoms in total. The molecule has 0 aliphatic carbocycles. The normalized spacial score (nSPS) is 22.3. The average Bonchev–Trinajstić information content (AvgIpc) is 3.47. The highest BCUT2D eigenvalue weighted by Crippen LogP contribution is 2.28. The van der Waals surface area contributed by atoms with Gasteiger partial charge in [0.25, 0.3) is 11.8 Å². The zero-order valence-corrected chi connectivity index (χ0v) is 21.9. The molecular formula is C29H33FN4O4. The Labute approximate surface area is 221 Å². The first-order chi connectivity index (χ1) is 18.1. The van der Waals surface area contributed by atoms with Crippen molar-refractivity contribution in [3.63, 3.8) is 0 Å². The van der Waals surface area contributed by atoms with E-state index in [1.165, 1.54) is 17.0 Å². The third-order valence-electron chi connectivity index (χ3n) is 7.78. The molecule has 0 saturated carbocycles. The Morgan fingerprint density at radius 3 is 2.45 bits per heavy atom. The summed E-state index contributed by atoms with van der Waals surface area (Å²) in [5, 5.41) is 10.4. The number of aliphatic hydroxyl groups excluding tert-OH is 1. The first-order valence-electron chi connectivity index (χ1n) is 13.1. The zero-order chi connectivity index (χ0) is 27.1. The maximum atomic E-state index is 13.9. The lowest BCUT2D eigenvalue weighted by Gasteiger charge is -2.44. The second-order valence-corrected chi connectivity index (χ2v) is 10.6. The summed E-state index contributed by atoms with van der Waals surface area (Å²) in [6, 6.07) is 11.5. The number of H-pyrrole nitrogens is 1. The van der Waals surface area contributed by atoms with Crippen LogP contribution in [0.3, 0.4) is 0 Å². The van der Waals surface area contributed by atoms with Crippen molar-refractivity contribution in [2.75, 3.05) is 26.2 Å². The Hall–Kier alpha value is -3.56. The van der Waals surface area contributed by atoms with E-state index in [1.807, 2.05) is 18.7 Å². The highest BCUT2D eigenvalue weighted by atomic mass is 19.1. The van der Waals surface area contributed by atoms with Crippen molar-refractivity contribution in [1.29, 1.82) is 0 Å². The van der Waals surface area contributed by atoms with Gasteiger partial charge in [-0.05, 0) is 63.1 Å². The van der Waals surface area contributed by atoms with Crippen LogP contribution in [-0.4, -0.2) is 86.8 Å². The molecule has 0 bridgehead atoms. The summed E-state index contributed by atoms with van der Waals surface area (Å²) in [4.78, 5) is 48.3. The molecule has 0 spiro atoms. The van der Waals surface area contributed by atoms with Gasteiger partial charge < -0.3 is 19.9 Å². The molecule has 2 fully saturated rings. The van der Waals surface area contributed by atoms with E-state index >= 15 is 0 Å². The maximum absolute atomic E-state index is 13.9. The van der Waals surface area contributed by atoms with Crippen LogP contribution in [0.1, 0.15) is 52.2 Å². The molecule has 1 aromatic heterocycles. The summed E-state index contributed by atoms with van der Waals surface area (Å²) in [7, 11) is 0. The second-order valence-electron chi connectivity index (χ2n) is 10.6. The molecule has 2 saturated heterocycles. The molecular weight excluding hydrogens is 487 g/mol. The smallest absolute Gasteiger partial charge is 0.295 e. The number of β-amino-alcohol motifs (C(OH)–C–C–N with tert-alkyl or cyclic N) is 1. The van der Waals surface area contributed by atoms with Gasteiger partial charge in [-0.2, -0.15) is 0 Å². The minimum absolute atomic E-state index is 0.0588. The number of likely N-dealkylation sites (tertiary alicyclic amines) is 1. The molecule has 3 heterocycles. The number of nitrogens with zero attached hydrogens (tertiary/aromatic N) is 3. The number of aromatic amines is 1. The highest BCUT2D eigenvalue weighted by molar-refractivity contribution is 6.43. The van der Waals surface area contributed by atoms with Gasteiger partial charge >= 0.3 is 0 Å². The summed E-state index contributed by atoms with van der Waals surface area (Å²) < 4.78 is 13.3. The van der Waals surface area contributed by atoms with E-state index in [2.05, 4.69) is 16.8 Å². The largest absolute Gasteiger partial charge is 0.391 e. The number of aliphatic hydroxyl groups is 1. The molecule has 2 aliphatic rings. The maximum Gasteiger partial charge on any atom is 0.295 e. The van der Waals surface area contributed by atoms with Crippen molar-refractivity contribution in [3.8, 4) is 0 Å². The van der Waals surface area contributed by atoms with Gasteiger partial charge in [0, 0.05) is 67.0 Å². The summed E-state index contributed by atoms with van der Waals surface area (Å²) >= 11 is 0. The van der Waals surface area contributed by atoms with Crippen molar-refractivity contribution < 1.29 is 23.9 Å². The number of hydrogen-bond acceptors (Lipinski definition) is 5. The van der Waals surface area contributed by atoms with Crippen LogP contribution < -0.4 is 0 Å². The van der Waals surface area contributed by atoms with Crippen molar-refractivity contribution in [3.05, 3.63) is 70.7 Å². The van der Waals surface area contributed by atoms with Gasteiger partial charge in [-0.3, -0.25) is 19.3 Å². The van der Waals surface area contributed by atoms with Crippen LogP contribution in [0.4, 0.5) is 4.39 Å². The molecule has 2 amide bonds. The van der Waals surface area contributed by atoms with Crippen LogP contribution in [0, 0.1) is 12.7 Å². The Balaban J connectivity index is 1.36. The van der Waals surface area contributed by atoms with Crippen LogP contribution in [0.25, 0.3) is 10.9 Å². The van der Waals surface area contributed by atoms with Crippen LogP contribution in [0.2, 0.25) is 0 Å². The van der Waals surface area contributed by atoms with E-state index < -0.39 is 17.8 Å². The Morgan fingerprint density at radius 1 is 1.03 bits per heavy atom. The third-order valence-corrected chi connectivity index (χ3v) is 7.78. The van der Waals surface area contributed by atoms with Gasteiger partial charge in [-0.1, -0.05) is 12.1 Å². The number of nitrogens with one attached hydrogen (secondary N) is 1. The number of carbonyl (C=O) groups is 3. The first kappa shape index (κ1) is 26.1. The molecule has 2 aliphatic heterocycles. The number of ketones is 1. The van der Waals surface area contributed by atoms with Crippen LogP contribution in [-0.2, 0) is 11.3 Å². The minimum atomic E-state index is -0.644. The summed E-state index contributed by atoms with van der Waals surface area (Å²) in [6.07, 6.45) is -0.145. The van der Waals surface area contributed by atoms with Crippen LogP contribution >= 0.6 is 0 Å². The number of fused-ring (bicyclic) bond motifs is 1. The van der Waals surface area contributed by atoms with Crippen LogP contribution in [0.5, 0.6) is 0 Å². The van der Waals surface area contributed by atoms with E-state index in [0.29, 0.717) is 49.2 Å². The van der Waals surface area contributed by atoms with Crippen molar-refractivity contribution in [1.82, 2.24) is 19.7 Å². The number of halogens is 1. The van der Waals surface area contributed by atoms with Crippen LogP contribution in [0.15, 0.2) is 42.5 Å². The van der Waals surface area contributed by atoms with E-state index in [9.17, 15) is 23.9 Å². The number of rotatable bonds is 5. The lowest BCUT2D eigenvalue weighted by atomic mass is 10.0. The second kappa shape index (κ2) is 10.3. The molecule has 3 atom stereocenters. The molecule has 0 radical (unpaired) electrons. The summed E-state index contributed by atoms with van der Waals surface area (Å²) in [6.45, 7) is 8.32. The Bertz CT molecular complexity index is 1390. The molecule has 200 valence electrons. The predicted octanol–water partition coefficient (Wildman–Crippen LogP) is 3.13. The minimum Gasteiger partial charge on any atom is -0.391 e. The van der Waals surface area contributed by atoms with E-state index in [-0.39, 0.29) is 35.9 Å². The molecule has 2 N–H and O–H groups in total. The van der Waals surface area contributed by atoms with Gasteiger partial charge in [-0.15, -0.1) is 0 Å². The van der Waals surface area contributed by atoms with Gasteiger partial charge in [0.2, 0.25) is 5.78 Å². The van der Waals surface area contributed by atoms with E-state index in [1.54, 1.807) is 30.3 Å². The number of hydrogen-bond donors (Lipinski definition) is 2. The average molecular weight is 521 g/mol. The fraction of sp³-hybridized carbons (Fsp3) is 0.414. The Morgan fingerprint density at radius 2 is 1.76 bits per heavy atom. The van der Waals surface area contributed by atoms with E-state index in [4.69, 9.17) is 0 Å². The monoisotopic (exact) mass is 520 g/mol. The Kier molecular flexibility index (Phi) is 7.07. The van der Waals surface area contributed by atoms with Gasteiger partial charge in [0.15, 0.2) is 0 Å². The number of aromatic nitrogens is 1. The van der Waals surface area contributed by atoms with Crippen molar-refractivity contribution in [2.24, 2.45) is 0 Å². The lowest BCUT2D eigenvalue weighted by molar-refractivity contribution is -0.125. The standard InChI is InChI=1S/C29H33FN4O4/c1-17-14-34(18(2)13-33(17)15-20-4-7-22(30)8-5-20)28(37)26-19(3)31-25-9-6-21(12-24(25)26)27(36)29(38)32-11-10-23(35)16-32/h4-9,12,17-18,23,31,35H,10-11,13-16H2,1-3H3/t17-,18+,23-/m0/s1. The number of piperazine rings is 1. The first-order valence-corrected chi connectivity index (χ1v) is 13.1. The quantitative estimate of drug-likeness (QED) is 0.398. The number of Topliss-reactive ketones (excluding diaryl/α,β-unsaturated/α-hetero) is 1. The molecule has 3 aromatic rings. The SMILES string of the molecule is Cc1[nH]c2ccc(C(=O)C(=O)N3CC[C@H](O)C3)cc2c1C(=O)N1C[C@H](C)N(Cc2ccc(F)cc2)C[C@H]1C. The lowest BCUT2D eigenvalue weighted by Crippen LogP contribution is -2.57. The van der Waals surface area contributed by atoms with Gasteiger partial charge in [-0.25, -0.2) is 4.39 Å².